The van der Waals surface area contributed by atoms with Crippen molar-refractivity contribution in [1.29, 1.82) is 0 Å². The monoisotopic (exact) mass is 180 g/mol. The molecule has 0 aromatic rings. The molecule has 1 saturated heterocycles. The first-order chi connectivity index (χ1) is 6.15. The third-order valence-corrected chi connectivity index (χ3v) is 2.49. The van der Waals surface area contributed by atoms with E-state index >= 15 is 0 Å². The molecular weight excluding hydrogens is 164 g/mol. The molecule has 0 aromatic carbocycles. The summed E-state index contributed by atoms with van der Waals surface area (Å²) in [5, 5.41) is 0. The maximum atomic E-state index is 11.5. The Hall–Kier alpha value is -1.01. The van der Waals surface area contributed by atoms with E-state index in [4.69, 9.17) is 12.2 Å². The van der Waals surface area contributed by atoms with Crippen LogP contribution in [0.4, 0.5) is 0 Å². The van der Waals surface area contributed by atoms with Crippen molar-refractivity contribution in [3.63, 3.8) is 0 Å². The first-order valence-electron chi connectivity index (χ1n) is 4.63. The Morgan fingerprint density at radius 2 is 2.46 bits per heavy atom. The lowest BCUT2D eigenvalue weighted by Gasteiger charge is -2.36. The Kier molecular flexibility index (Phi) is 3.32. The second-order valence-electron chi connectivity index (χ2n) is 3.60. The number of nitrogens with two attached hydrogens (primary N) is 1. The van der Waals surface area contributed by atoms with Gasteiger partial charge in [-0.05, 0) is 19.8 Å². The van der Waals surface area contributed by atoms with Gasteiger partial charge >= 0.3 is 0 Å². The summed E-state index contributed by atoms with van der Waals surface area (Å²) in [6.45, 7) is 2.77. The minimum Gasteiger partial charge on any atom is -0.339 e. The van der Waals surface area contributed by atoms with Crippen LogP contribution in [0.15, 0.2) is 0 Å². The van der Waals surface area contributed by atoms with Gasteiger partial charge in [0, 0.05) is 18.6 Å². The molecule has 0 spiro atoms. The molecule has 1 aliphatic heterocycles. The van der Waals surface area contributed by atoms with E-state index in [-0.39, 0.29) is 24.4 Å². The summed E-state index contributed by atoms with van der Waals surface area (Å²) in [6, 6.07) is 0.481. The van der Waals surface area contributed by atoms with E-state index in [1.54, 1.807) is 0 Å². The highest BCUT2D eigenvalue weighted by atomic mass is 16.2. The highest BCUT2D eigenvalue weighted by molar-refractivity contribution is 5.78. The number of piperidine rings is 1. The van der Waals surface area contributed by atoms with E-state index in [1.807, 2.05) is 11.8 Å². The smallest absolute Gasteiger partial charge is 0.234 e. The lowest BCUT2D eigenvalue weighted by molar-refractivity contribution is -0.133. The number of rotatable bonds is 1. The number of nitrogens with zero attached hydrogens (tertiary/aromatic N) is 1. The van der Waals surface area contributed by atoms with Crippen molar-refractivity contribution in [2.24, 2.45) is 5.73 Å². The van der Waals surface area contributed by atoms with Crippen LogP contribution in [0.1, 0.15) is 26.2 Å². The van der Waals surface area contributed by atoms with Gasteiger partial charge in [0.15, 0.2) is 0 Å². The van der Waals surface area contributed by atoms with Gasteiger partial charge in [0.1, 0.15) is 0 Å². The summed E-state index contributed by atoms with van der Waals surface area (Å²) in [5.74, 6) is 2.43. The topological polar surface area (TPSA) is 46.3 Å². The summed E-state index contributed by atoms with van der Waals surface area (Å²) in [5.41, 5.74) is 5.78. The van der Waals surface area contributed by atoms with Gasteiger partial charge in [-0.15, -0.1) is 6.42 Å². The van der Waals surface area contributed by atoms with Gasteiger partial charge in [-0.1, -0.05) is 5.92 Å². The van der Waals surface area contributed by atoms with Crippen molar-refractivity contribution in [3.05, 3.63) is 0 Å². The summed E-state index contributed by atoms with van der Waals surface area (Å²) < 4.78 is 0. The second kappa shape index (κ2) is 4.29. The molecule has 2 atom stereocenters. The van der Waals surface area contributed by atoms with Gasteiger partial charge in [-0.3, -0.25) is 4.79 Å². The Balaban J connectivity index is 2.51. The van der Waals surface area contributed by atoms with Crippen LogP contribution in [0.25, 0.3) is 0 Å². The van der Waals surface area contributed by atoms with Gasteiger partial charge in [-0.2, -0.15) is 0 Å². The van der Waals surface area contributed by atoms with E-state index < -0.39 is 0 Å². The van der Waals surface area contributed by atoms with Crippen LogP contribution in [0.5, 0.6) is 0 Å². The fraction of sp³-hybridized carbons (Fsp3) is 0.700. The fourth-order valence-corrected chi connectivity index (χ4v) is 1.77. The van der Waals surface area contributed by atoms with Crippen molar-refractivity contribution >= 4 is 5.91 Å². The molecule has 3 nitrogen and oxygen atoms in total. The molecule has 1 heterocycles. The van der Waals surface area contributed by atoms with Crippen LogP contribution in [-0.2, 0) is 4.79 Å². The largest absolute Gasteiger partial charge is 0.339 e. The molecule has 3 heteroatoms. The molecule has 1 fully saturated rings. The number of carbonyl (C=O) groups is 1. The maximum absolute atomic E-state index is 11.5. The Morgan fingerprint density at radius 1 is 1.77 bits per heavy atom. The molecule has 0 aliphatic carbocycles. The summed E-state index contributed by atoms with van der Waals surface area (Å²) in [4.78, 5) is 13.3. The van der Waals surface area contributed by atoms with E-state index in [0.717, 1.165) is 19.4 Å². The first kappa shape index (κ1) is 10.1. The van der Waals surface area contributed by atoms with Gasteiger partial charge in [0.2, 0.25) is 5.91 Å². The molecule has 0 bridgehead atoms. The molecule has 13 heavy (non-hydrogen) atoms. The van der Waals surface area contributed by atoms with Crippen molar-refractivity contribution < 1.29 is 4.79 Å². The lowest BCUT2D eigenvalue weighted by Crippen LogP contribution is -2.48. The first-order valence-corrected chi connectivity index (χ1v) is 4.63. The van der Waals surface area contributed by atoms with E-state index in [9.17, 15) is 4.79 Å². The van der Waals surface area contributed by atoms with Crippen LogP contribution in [0.2, 0.25) is 0 Å². The molecule has 0 aromatic heterocycles. The zero-order chi connectivity index (χ0) is 9.84. The van der Waals surface area contributed by atoms with Gasteiger partial charge in [-0.25, -0.2) is 0 Å². The van der Waals surface area contributed by atoms with Gasteiger partial charge in [0.25, 0.3) is 0 Å². The minimum atomic E-state index is 0.0573. The van der Waals surface area contributed by atoms with Crippen molar-refractivity contribution in [1.82, 2.24) is 4.90 Å². The normalized spacial score (nSPS) is 28.2. The summed E-state index contributed by atoms with van der Waals surface area (Å²) in [7, 11) is 0. The third-order valence-electron chi connectivity index (χ3n) is 2.49. The average molecular weight is 180 g/mol. The number of hydrogen-bond donors (Lipinski definition) is 1. The van der Waals surface area contributed by atoms with E-state index in [0.29, 0.717) is 0 Å². The highest BCUT2D eigenvalue weighted by Crippen LogP contribution is 2.16. The molecule has 2 N–H and O–H groups in total. The SMILES string of the molecule is C#CCC(=O)N1CCC(N)CC1C. The minimum absolute atomic E-state index is 0.0573. The van der Waals surface area contributed by atoms with Gasteiger partial charge < -0.3 is 10.6 Å². The van der Waals surface area contributed by atoms with Crippen LogP contribution >= 0.6 is 0 Å². The lowest BCUT2D eigenvalue weighted by atomic mass is 9.99. The second-order valence-corrected chi connectivity index (χ2v) is 3.60. The molecule has 0 saturated carbocycles. The highest BCUT2D eigenvalue weighted by Gasteiger charge is 2.25. The van der Waals surface area contributed by atoms with Crippen molar-refractivity contribution in [2.75, 3.05) is 6.54 Å². The van der Waals surface area contributed by atoms with Crippen molar-refractivity contribution in [2.45, 2.75) is 38.3 Å². The molecule has 1 aliphatic rings. The summed E-state index contributed by atoms with van der Waals surface area (Å²) >= 11 is 0. The summed E-state index contributed by atoms with van der Waals surface area (Å²) in [6.07, 6.45) is 7.07. The number of likely N-dealkylation sites (tertiary alicyclic amines) is 1. The Bertz CT molecular complexity index is 232. The molecule has 1 amide bonds. The molecular formula is C10H16N2O. The van der Waals surface area contributed by atoms with Crippen molar-refractivity contribution in [3.8, 4) is 12.3 Å². The quantitative estimate of drug-likeness (QED) is 0.592. The van der Waals surface area contributed by atoms with Crippen LogP contribution < -0.4 is 5.73 Å². The number of carbonyl (C=O) groups excluding carboxylic acids is 1. The number of terminal acetylenes is 1. The maximum Gasteiger partial charge on any atom is 0.234 e. The molecule has 2 unspecified atom stereocenters. The van der Waals surface area contributed by atoms with Crippen LogP contribution in [0, 0.1) is 12.3 Å². The molecule has 0 radical (unpaired) electrons. The van der Waals surface area contributed by atoms with Gasteiger partial charge in [0.05, 0.1) is 6.42 Å². The molecule has 1 rings (SSSR count). The predicted octanol–water partition coefficient (Wildman–Crippen LogP) is 0.348. The third kappa shape index (κ3) is 2.46. The number of amides is 1. The van der Waals surface area contributed by atoms with Crippen LogP contribution in [0.3, 0.4) is 0 Å². The zero-order valence-corrected chi connectivity index (χ0v) is 7.99. The van der Waals surface area contributed by atoms with E-state index in [1.165, 1.54) is 0 Å². The average Bonchev–Trinajstić information content (AvgIpc) is 2.04. The Labute approximate surface area is 79.3 Å². The zero-order valence-electron chi connectivity index (χ0n) is 7.99. The van der Waals surface area contributed by atoms with E-state index in [2.05, 4.69) is 5.92 Å². The fourth-order valence-electron chi connectivity index (χ4n) is 1.77. The molecule has 72 valence electrons. The number of hydrogen-bond acceptors (Lipinski definition) is 2. The Morgan fingerprint density at radius 3 is 3.00 bits per heavy atom. The van der Waals surface area contributed by atoms with Crippen LogP contribution in [-0.4, -0.2) is 29.4 Å². The predicted molar refractivity (Wildman–Crippen MR) is 51.8 cm³/mol. The standard InChI is InChI=1S/C10H16N2O/c1-3-4-10(13)12-6-5-9(11)7-8(12)2/h1,8-9H,4-7,11H2,2H3.